The molecule has 1 amide bonds. The van der Waals surface area contributed by atoms with Gasteiger partial charge in [-0.25, -0.2) is 0 Å². The van der Waals surface area contributed by atoms with Crippen LogP contribution in [0.15, 0.2) is 24.3 Å². The molecular weight excluding hydrogens is 152 g/mol. The minimum atomic E-state index is -0.404. The molecule has 1 radical (unpaired) electrons. The predicted molar refractivity (Wildman–Crippen MR) is 47.2 cm³/mol. The molecule has 3 nitrogen and oxygen atoms in total. The summed E-state index contributed by atoms with van der Waals surface area (Å²) in [5.41, 5.74) is 11.9. The maximum absolute atomic E-state index is 10.7. The summed E-state index contributed by atoms with van der Waals surface area (Å²) in [6.07, 6.45) is 0.707. The Kier molecular flexibility index (Phi) is 2.82. The summed E-state index contributed by atoms with van der Waals surface area (Å²) in [6.45, 7) is 1.57. The molecule has 0 spiro atoms. The summed E-state index contributed by atoms with van der Waals surface area (Å²) in [6, 6.07) is 7.06. The molecule has 0 unspecified atom stereocenters. The summed E-state index contributed by atoms with van der Waals surface area (Å²) in [7, 11) is 0. The number of carbonyl (C=O) groups excluding carboxylic acids is 1. The number of hydrogen-bond donors (Lipinski definition) is 2. The van der Waals surface area contributed by atoms with Crippen molar-refractivity contribution in [2.45, 2.75) is 6.42 Å². The molecule has 0 aliphatic carbocycles. The van der Waals surface area contributed by atoms with Crippen molar-refractivity contribution in [2.75, 3.05) is 0 Å². The zero-order valence-corrected chi connectivity index (χ0v) is 6.66. The number of carbonyl (C=O) groups is 1. The van der Waals surface area contributed by atoms with Gasteiger partial charge in [0.05, 0.1) is 0 Å². The summed E-state index contributed by atoms with van der Waals surface area (Å²) in [4.78, 5) is 10.7. The standard InChI is InChI=1S/C9H11N2O/c10-6-5-7-1-3-8(4-2-7)9(11)12/h1-4,6H,5,10H2,(H2,11,12). The van der Waals surface area contributed by atoms with E-state index < -0.39 is 5.91 Å². The fourth-order valence-corrected chi connectivity index (χ4v) is 0.941. The Bertz CT molecular complexity index is 266. The molecule has 1 aromatic rings. The lowest BCUT2D eigenvalue weighted by Crippen LogP contribution is -2.10. The molecule has 0 bridgehead atoms. The number of nitrogens with two attached hydrogens (primary N) is 2. The number of benzene rings is 1. The van der Waals surface area contributed by atoms with E-state index in [4.69, 9.17) is 11.5 Å². The Morgan fingerprint density at radius 1 is 1.33 bits per heavy atom. The van der Waals surface area contributed by atoms with Crippen LogP contribution in [-0.2, 0) is 6.42 Å². The van der Waals surface area contributed by atoms with Crippen molar-refractivity contribution < 1.29 is 4.79 Å². The Morgan fingerprint density at radius 2 is 1.92 bits per heavy atom. The summed E-state index contributed by atoms with van der Waals surface area (Å²) in [5.74, 6) is -0.404. The zero-order chi connectivity index (χ0) is 8.97. The molecule has 0 fully saturated rings. The Labute approximate surface area is 71.4 Å². The lowest BCUT2D eigenvalue weighted by molar-refractivity contribution is 0.100. The molecule has 63 valence electrons. The van der Waals surface area contributed by atoms with Gasteiger partial charge in [0.15, 0.2) is 0 Å². The summed E-state index contributed by atoms with van der Waals surface area (Å²) >= 11 is 0. The van der Waals surface area contributed by atoms with Crippen molar-refractivity contribution in [1.29, 1.82) is 0 Å². The highest BCUT2D eigenvalue weighted by Gasteiger charge is 1.98. The summed E-state index contributed by atoms with van der Waals surface area (Å²) in [5, 5.41) is 0. The van der Waals surface area contributed by atoms with E-state index in [1.165, 1.54) is 0 Å². The molecule has 1 rings (SSSR count). The van der Waals surface area contributed by atoms with Crippen LogP contribution in [0.4, 0.5) is 0 Å². The van der Waals surface area contributed by atoms with Gasteiger partial charge in [0.1, 0.15) is 0 Å². The van der Waals surface area contributed by atoms with Gasteiger partial charge in [-0.15, -0.1) is 0 Å². The van der Waals surface area contributed by atoms with Crippen molar-refractivity contribution in [1.82, 2.24) is 0 Å². The van der Waals surface area contributed by atoms with Gasteiger partial charge in [-0.1, -0.05) is 12.1 Å². The number of primary amides is 1. The lowest BCUT2D eigenvalue weighted by Gasteiger charge is -1.98. The fraction of sp³-hybridized carbons (Fsp3) is 0.111. The Morgan fingerprint density at radius 3 is 2.33 bits per heavy atom. The molecule has 4 N–H and O–H groups in total. The highest BCUT2D eigenvalue weighted by molar-refractivity contribution is 5.92. The van der Waals surface area contributed by atoms with Gasteiger partial charge in [-0.3, -0.25) is 4.79 Å². The van der Waals surface area contributed by atoms with E-state index in [0.29, 0.717) is 12.0 Å². The first-order valence-electron chi connectivity index (χ1n) is 3.66. The van der Waals surface area contributed by atoms with Gasteiger partial charge in [0, 0.05) is 12.1 Å². The van der Waals surface area contributed by atoms with Crippen LogP contribution in [0.3, 0.4) is 0 Å². The largest absolute Gasteiger partial charge is 0.366 e. The number of hydrogen-bond acceptors (Lipinski definition) is 2. The van der Waals surface area contributed by atoms with Crippen molar-refractivity contribution in [2.24, 2.45) is 11.5 Å². The first-order valence-corrected chi connectivity index (χ1v) is 3.66. The lowest BCUT2D eigenvalue weighted by atomic mass is 10.1. The van der Waals surface area contributed by atoms with E-state index in [1.54, 1.807) is 18.7 Å². The Hall–Kier alpha value is -1.35. The molecule has 0 aliphatic heterocycles. The minimum absolute atomic E-state index is 0.404. The highest BCUT2D eigenvalue weighted by Crippen LogP contribution is 2.04. The maximum atomic E-state index is 10.7. The zero-order valence-electron chi connectivity index (χ0n) is 6.66. The molecule has 0 aromatic heterocycles. The number of amides is 1. The Balaban J connectivity index is 2.78. The monoisotopic (exact) mass is 163 g/mol. The van der Waals surface area contributed by atoms with Crippen LogP contribution >= 0.6 is 0 Å². The summed E-state index contributed by atoms with van der Waals surface area (Å²) < 4.78 is 0. The van der Waals surface area contributed by atoms with E-state index in [2.05, 4.69) is 0 Å². The molecular formula is C9H11N2O. The van der Waals surface area contributed by atoms with E-state index in [-0.39, 0.29) is 0 Å². The van der Waals surface area contributed by atoms with E-state index in [9.17, 15) is 4.79 Å². The van der Waals surface area contributed by atoms with Crippen LogP contribution in [0.5, 0.6) is 0 Å². The van der Waals surface area contributed by atoms with E-state index >= 15 is 0 Å². The van der Waals surface area contributed by atoms with Gasteiger partial charge >= 0.3 is 0 Å². The quantitative estimate of drug-likeness (QED) is 0.679. The molecule has 0 aliphatic rings. The van der Waals surface area contributed by atoms with Crippen LogP contribution in [-0.4, -0.2) is 5.91 Å². The van der Waals surface area contributed by atoms with Gasteiger partial charge < -0.3 is 11.5 Å². The van der Waals surface area contributed by atoms with Crippen LogP contribution < -0.4 is 11.5 Å². The third kappa shape index (κ3) is 2.07. The van der Waals surface area contributed by atoms with Crippen molar-refractivity contribution in [3.63, 3.8) is 0 Å². The van der Waals surface area contributed by atoms with E-state index in [0.717, 1.165) is 5.56 Å². The normalized spacial score (nSPS) is 9.75. The van der Waals surface area contributed by atoms with Gasteiger partial charge in [0.25, 0.3) is 0 Å². The molecule has 0 saturated heterocycles. The molecule has 3 heteroatoms. The first kappa shape index (κ1) is 8.74. The predicted octanol–water partition coefficient (Wildman–Crippen LogP) is 0.448. The second-order valence-corrected chi connectivity index (χ2v) is 2.50. The first-order chi connectivity index (χ1) is 5.74. The molecule has 12 heavy (non-hydrogen) atoms. The second-order valence-electron chi connectivity index (χ2n) is 2.50. The molecule has 0 atom stereocenters. The molecule has 0 saturated carbocycles. The minimum Gasteiger partial charge on any atom is -0.366 e. The average Bonchev–Trinajstić information content (AvgIpc) is 2.06. The van der Waals surface area contributed by atoms with Crippen LogP contribution in [0.2, 0.25) is 0 Å². The third-order valence-electron chi connectivity index (χ3n) is 1.59. The van der Waals surface area contributed by atoms with Crippen molar-refractivity contribution in [3.05, 3.63) is 41.9 Å². The average molecular weight is 163 g/mol. The van der Waals surface area contributed by atoms with E-state index in [1.807, 2.05) is 12.1 Å². The highest BCUT2D eigenvalue weighted by atomic mass is 16.1. The van der Waals surface area contributed by atoms with Gasteiger partial charge in [-0.2, -0.15) is 0 Å². The van der Waals surface area contributed by atoms with Crippen LogP contribution in [0.25, 0.3) is 0 Å². The third-order valence-corrected chi connectivity index (χ3v) is 1.59. The van der Waals surface area contributed by atoms with Gasteiger partial charge in [0.2, 0.25) is 5.91 Å². The topological polar surface area (TPSA) is 69.1 Å². The van der Waals surface area contributed by atoms with Crippen LogP contribution in [0, 0.1) is 6.54 Å². The fourth-order valence-electron chi connectivity index (χ4n) is 0.941. The molecule has 1 aromatic carbocycles. The SMILES string of the molecule is N[CH]Cc1ccc(C(N)=O)cc1. The van der Waals surface area contributed by atoms with Gasteiger partial charge in [-0.05, 0) is 24.1 Å². The number of rotatable bonds is 3. The molecule has 0 heterocycles. The van der Waals surface area contributed by atoms with Crippen LogP contribution in [0.1, 0.15) is 15.9 Å². The maximum Gasteiger partial charge on any atom is 0.248 e. The second kappa shape index (κ2) is 3.88. The van der Waals surface area contributed by atoms with Crippen molar-refractivity contribution in [3.8, 4) is 0 Å². The smallest absolute Gasteiger partial charge is 0.248 e. The van der Waals surface area contributed by atoms with Crippen molar-refractivity contribution >= 4 is 5.91 Å².